The molecule has 174 valence electrons. The molecule has 31 heavy (non-hydrogen) atoms. The minimum atomic E-state index is -0.280. The number of hydrogen-bond donors (Lipinski definition) is 2. The molecule has 5 aliphatic rings. The molecule has 1 heterocycles. The smallest absolute Gasteiger partial charge is 0.140 e. The van der Waals surface area contributed by atoms with Crippen molar-refractivity contribution in [1.29, 1.82) is 0 Å². The van der Waals surface area contributed by atoms with E-state index in [1.165, 1.54) is 18.4 Å². The number of aliphatic hydroxyl groups excluding tert-OH is 2. The lowest BCUT2D eigenvalue weighted by Crippen LogP contribution is -2.57. The van der Waals surface area contributed by atoms with E-state index in [-0.39, 0.29) is 41.5 Å². The van der Waals surface area contributed by atoms with Crippen molar-refractivity contribution in [3.05, 3.63) is 11.3 Å². The van der Waals surface area contributed by atoms with Crippen LogP contribution < -0.4 is 0 Å². The molecule has 10 atom stereocenters. The zero-order valence-electron chi connectivity index (χ0n) is 19.9. The lowest BCUT2D eigenvalue weighted by molar-refractivity contribution is -0.158. The molecular weight excluding hydrogens is 388 g/mol. The van der Waals surface area contributed by atoms with E-state index >= 15 is 0 Å². The summed E-state index contributed by atoms with van der Waals surface area (Å²) >= 11 is 0. The Morgan fingerprint density at radius 1 is 1.16 bits per heavy atom. The molecule has 4 nitrogen and oxygen atoms in total. The highest BCUT2D eigenvalue weighted by Crippen LogP contribution is 2.68. The lowest BCUT2D eigenvalue weighted by atomic mass is 9.44. The fraction of sp³-hybridized carbons (Fsp3) is 0.889. The van der Waals surface area contributed by atoms with Gasteiger partial charge < -0.3 is 14.9 Å². The van der Waals surface area contributed by atoms with Crippen molar-refractivity contribution in [2.75, 3.05) is 6.61 Å². The highest BCUT2D eigenvalue weighted by Gasteiger charge is 2.67. The number of carbonyl (C=O) groups excluding carboxylic acids is 1. The topological polar surface area (TPSA) is 66.8 Å². The quantitative estimate of drug-likeness (QED) is 0.667. The molecule has 0 bridgehead atoms. The summed E-state index contributed by atoms with van der Waals surface area (Å²) in [5, 5.41) is 19.6. The van der Waals surface area contributed by atoms with Crippen molar-refractivity contribution in [1.82, 2.24) is 0 Å². The number of fused-ring (bicyclic) bond motifs is 7. The predicted molar refractivity (Wildman–Crippen MR) is 120 cm³/mol. The van der Waals surface area contributed by atoms with Crippen molar-refractivity contribution in [2.45, 2.75) is 97.7 Å². The maximum absolute atomic E-state index is 13.9. The van der Waals surface area contributed by atoms with Gasteiger partial charge in [0.2, 0.25) is 0 Å². The second kappa shape index (κ2) is 7.58. The highest BCUT2D eigenvalue weighted by molar-refractivity contribution is 5.87. The van der Waals surface area contributed by atoms with Gasteiger partial charge in [-0.25, -0.2) is 0 Å². The van der Waals surface area contributed by atoms with E-state index < -0.39 is 0 Å². The van der Waals surface area contributed by atoms with Crippen LogP contribution in [0.3, 0.4) is 0 Å². The number of ketones is 1. The molecule has 0 amide bonds. The Morgan fingerprint density at radius 2 is 1.94 bits per heavy atom. The molecule has 4 aliphatic carbocycles. The Balaban J connectivity index is 1.41. The van der Waals surface area contributed by atoms with E-state index in [1.54, 1.807) is 0 Å². The first-order chi connectivity index (χ1) is 14.7. The molecule has 0 aromatic rings. The number of allylic oxidation sites excluding steroid dienone is 1. The van der Waals surface area contributed by atoms with Gasteiger partial charge in [0.25, 0.3) is 0 Å². The van der Waals surface area contributed by atoms with Crippen molar-refractivity contribution < 1.29 is 19.7 Å². The molecular formula is C27H42O4. The monoisotopic (exact) mass is 430 g/mol. The Hall–Kier alpha value is -0.870. The van der Waals surface area contributed by atoms with Gasteiger partial charge in [-0.2, -0.15) is 0 Å². The highest BCUT2D eigenvalue weighted by atomic mass is 16.5. The van der Waals surface area contributed by atoms with Crippen LogP contribution in [0.4, 0.5) is 0 Å². The van der Waals surface area contributed by atoms with Gasteiger partial charge in [0.05, 0.1) is 11.9 Å². The molecule has 0 radical (unpaired) electrons. The standard InChI is InChI=1S/C27H42O4/c1-15(14-28)5-8-22-16(2)25-23(31-22)12-21-19-7-6-17-11-18(29)9-10-26(17,3)20(19)13-24(30)27(21,25)4/h15,17-21,23,25,28-29H,5-14H2,1-4H3/t15-,17+,18+,19-,20?,21?,23?,25?,26+,27-/m1/s1. The van der Waals surface area contributed by atoms with Crippen molar-refractivity contribution in [3.8, 4) is 0 Å². The largest absolute Gasteiger partial charge is 0.494 e. The summed E-state index contributed by atoms with van der Waals surface area (Å²) in [6.07, 6.45) is 8.93. The molecule has 0 saturated heterocycles. The minimum Gasteiger partial charge on any atom is -0.494 e. The van der Waals surface area contributed by atoms with Crippen molar-refractivity contribution in [2.24, 2.45) is 46.3 Å². The number of ether oxygens (including phenoxy) is 1. The molecule has 4 fully saturated rings. The average Bonchev–Trinajstić information content (AvgIpc) is 3.22. The summed E-state index contributed by atoms with van der Waals surface area (Å²) in [5.74, 6) is 4.23. The third-order valence-corrected chi connectivity index (χ3v) is 10.9. The van der Waals surface area contributed by atoms with Gasteiger partial charge in [0.15, 0.2) is 0 Å². The second-order valence-electron chi connectivity index (χ2n) is 12.3. The van der Waals surface area contributed by atoms with E-state index in [0.29, 0.717) is 29.5 Å². The van der Waals surface area contributed by atoms with Gasteiger partial charge in [-0.1, -0.05) is 20.8 Å². The summed E-state index contributed by atoms with van der Waals surface area (Å²) in [6, 6.07) is 0. The van der Waals surface area contributed by atoms with E-state index in [2.05, 4.69) is 27.7 Å². The number of aliphatic hydroxyl groups is 2. The number of rotatable bonds is 4. The summed E-state index contributed by atoms with van der Waals surface area (Å²) in [6.45, 7) is 9.21. The fourth-order valence-corrected chi connectivity index (χ4v) is 8.97. The summed E-state index contributed by atoms with van der Waals surface area (Å²) in [7, 11) is 0. The minimum absolute atomic E-state index is 0.141. The average molecular weight is 431 g/mol. The zero-order valence-corrected chi connectivity index (χ0v) is 19.9. The van der Waals surface area contributed by atoms with Crippen LogP contribution in [0, 0.1) is 46.3 Å². The third-order valence-electron chi connectivity index (χ3n) is 10.9. The molecule has 4 heteroatoms. The maximum atomic E-state index is 13.9. The number of hydrogen-bond acceptors (Lipinski definition) is 4. The van der Waals surface area contributed by atoms with Crippen LogP contribution in [0.1, 0.15) is 85.5 Å². The van der Waals surface area contributed by atoms with Crippen molar-refractivity contribution in [3.63, 3.8) is 0 Å². The first kappa shape index (κ1) is 21.9. The molecule has 0 aromatic heterocycles. The van der Waals surface area contributed by atoms with Gasteiger partial charge in [-0.05, 0) is 92.4 Å². The second-order valence-corrected chi connectivity index (χ2v) is 12.3. The first-order valence-corrected chi connectivity index (χ1v) is 12.9. The molecule has 5 rings (SSSR count). The predicted octanol–water partition coefficient (Wildman–Crippen LogP) is 4.88. The first-order valence-electron chi connectivity index (χ1n) is 12.9. The third kappa shape index (κ3) is 3.10. The van der Waals surface area contributed by atoms with Crippen LogP contribution in [0.5, 0.6) is 0 Å². The lowest BCUT2D eigenvalue weighted by Gasteiger charge is -2.60. The van der Waals surface area contributed by atoms with Crippen LogP contribution in [0.2, 0.25) is 0 Å². The number of Topliss-reactive ketones (excluding diaryl/α,β-unsaturated/α-hetero) is 1. The summed E-state index contributed by atoms with van der Waals surface area (Å²) < 4.78 is 6.54. The van der Waals surface area contributed by atoms with E-state index in [1.807, 2.05) is 0 Å². The number of carbonyl (C=O) groups is 1. The Kier molecular flexibility index (Phi) is 5.37. The van der Waals surface area contributed by atoms with Gasteiger partial charge in [-0.15, -0.1) is 0 Å². The molecule has 4 unspecified atom stereocenters. The van der Waals surface area contributed by atoms with Gasteiger partial charge in [-0.3, -0.25) is 4.79 Å². The summed E-state index contributed by atoms with van der Waals surface area (Å²) in [4.78, 5) is 13.9. The maximum Gasteiger partial charge on any atom is 0.140 e. The molecule has 1 aliphatic heterocycles. The molecule has 2 N–H and O–H groups in total. The van der Waals surface area contributed by atoms with Gasteiger partial charge in [0.1, 0.15) is 11.9 Å². The van der Waals surface area contributed by atoms with E-state index in [0.717, 1.165) is 50.7 Å². The van der Waals surface area contributed by atoms with Crippen molar-refractivity contribution >= 4 is 5.78 Å². The van der Waals surface area contributed by atoms with Crippen LogP contribution in [-0.2, 0) is 9.53 Å². The van der Waals surface area contributed by atoms with E-state index in [9.17, 15) is 15.0 Å². The molecule has 4 saturated carbocycles. The van der Waals surface area contributed by atoms with Crippen LogP contribution in [-0.4, -0.2) is 34.8 Å². The zero-order chi connectivity index (χ0) is 22.1. The van der Waals surface area contributed by atoms with Gasteiger partial charge in [0, 0.05) is 30.8 Å². The molecule has 0 spiro atoms. The Morgan fingerprint density at radius 3 is 2.68 bits per heavy atom. The normalized spacial score (nSPS) is 49.7. The molecule has 0 aromatic carbocycles. The van der Waals surface area contributed by atoms with Crippen LogP contribution in [0.15, 0.2) is 11.3 Å². The fourth-order valence-electron chi connectivity index (χ4n) is 8.97. The summed E-state index contributed by atoms with van der Waals surface area (Å²) in [5.41, 5.74) is 1.25. The Bertz CT molecular complexity index is 773. The van der Waals surface area contributed by atoms with Gasteiger partial charge >= 0.3 is 0 Å². The van der Waals surface area contributed by atoms with Crippen LogP contribution >= 0.6 is 0 Å². The van der Waals surface area contributed by atoms with E-state index in [4.69, 9.17) is 4.74 Å². The SMILES string of the molecule is CC1=C(CC[C@@H](C)CO)OC2CC3[C@@H]4CC[C@H]5C[C@@H](O)CC[C@]5(C)C4CC(=O)[C@]3(C)C12. The Labute approximate surface area is 187 Å². The van der Waals surface area contributed by atoms with Crippen LogP contribution in [0.25, 0.3) is 0 Å².